The molecule has 0 bridgehead atoms. The molecule has 1 saturated heterocycles. The highest BCUT2D eigenvalue weighted by molar-refractivity contribution is 14.0. The van der Waals surface area contributed by atoms with Crippen molar-refractivity contribution in [1.29, 1.82) is 0 Å². The zero-order valence-corrected chi connectivity index (χ0v) is 17.8. The average molecular weight is 479 g/mol. The van der Waals surface area contributed by atoms with Crippen molar-refractivity contribution in [3.8, 4) is 0 Å². The monoisotopic (exact) mass is 479 g/mol. The molecule has 0 radical (unpaired) electrons. The maximum absolute atomic E-state index is 11.8. The molecule has 2 aromatic rings. The molecule has 144 valence electrons. The van der Waals surface area contributed by atoms with E-state index in [4.69, 9.17) is 0 Å². The predicted octanol–water partition coefficient (Wildman–Crippen LogP) is 2.69. The van der Waals surface area contributed by atoms with Crippen LogP contribution >= 0.6 is 24.0 Å². The summed E-state index contributed by atoms with van der Waals surface area (Å²) in [5.74, 6) is 0.989. The van der Waals surface area contributed by atoms with Crippen LogP contribution < -0.4 is 10.6 Å². The first-order chi connectivity index (χ1) is 12.7. The summed E-state index contributed by atoms with van der Waals surface area (Å²) >= 11 is 0. The molecular formula is C20H26IN5O. The molecule has 2 heterocycles. The largest absolute Gasteiger partial charge is 0.352 e. The summed E-state index contributed by atoms with van der Waals surface area (Å²) < 4.78 is 0. The molecule has 2 N–H and O–H groups in total. The summed E-state index contributed by atoms with van der Waals surface area (Å²) in [7, 11) is 1.75. The second kappa shape index (κ2) is 10.9. The Morgan fingerprint density at radius 2 is 1.96 bits per heavy atom. The van der Waals surface area contributed by atoms with Crippen molar-refractivity contribution in [3.05, 3.63) is 65.5 Å². The number of halogens is 1. The third kappa shape index (κ3) is 6.50. The molecule has 7 heteroatoms. The number of rotatable bonds is 6. The second-order valence-corrected chi connectivity index (χ2v) is 6.34. The summed E-state index contributed by atoms with van der Waals surface area (Å²) in [5, 5.41) is 6.57. The van der Waals surface area contributed by atoms with E-state index in [0.29, 0.717) is 26.1 Å². The maximum Gasteiger partial charge on any atom is 0.222 e. The van der Waals surface area contributed by atoms with Gasteiger partial charge in [0.05, 0.1) is 12.2 Å². The van der Waals surface area contributed by atoms with Gasteiger partial charge in [0.25, 0.3) is 0 Å². The van der Waals surface area contributed by atoms with Crippen molar-refractivity contribution < 1.29 is 4.79 Å². The Balaban J connectivity index is 0.00000261. The van der Waals surface area contributed by atoms with E-state index in [1.807, 2.05) is 29.2 Å². The summed E-state index contributed by atoms with van der Waals surface area (Å²) in [6, 6.07) is 14.2. The number of nitrogens with one attached hydrogen (secondary N) is 2. The molecule has 0 unspecified atom stereocenters. The number of aliphatic imine (C=N–C) groups is 1. The Labute approximate surface area is 177 Å². The molecule has 1 amide bonds. The van der Waals surface area contributed by atoms with Crippen LogP contribution in [0.5, 0.6) is 0 Å². The van der Waals surface area contributed by atoms with E-state index < -0.39 is 0 Å². The fraction of sp³-hybridized carbons (Fsp3) is 0.350. The first-order valence-corrected chi connectivity index (χ1v) is 8.94. The first kappa shape index (κ1) is 21.1. The topological polar surface area (TPSA) is 69.6 Å². The van der Waals surface area contributed by atoms with Crippen molar-refractivity contribution >= 4 is 35.8 Å². The van der Waals surface area contributed by atoms with E-state index in [9.17, 15) is 4.79 Å². The second-order valence-electron chi connectivity index (χ2n) is 6.34. The molecule has 1 aliphatic heterocycles. The zero-order valence-electron chi connectivity index (χ0n) is 15.5. The van der Waals surface area contributed by atoms with Gasteiger partial charge < -0.3 is 15.5 Å². The molecule has 0 spiro atoms. The maximum atomic E-state index is 11.8. The van der Waals surface area contributed by atoms with E-state index in [0.717, 1.165) is 35.7 Å². The van der Waals surface area contributed by atoms with E-state index in [-0.39, 0.29) is 29.9 Å². The molecule has 0 aliphatic carbocycles. The summed E-state index contributed by atoms with van der Waals surface area (Å²) in [5.41, 5.74) is 3.29. The summed E-state index contributed by atoms with van der Waals surface area (Å²) in [6.07, 6.45) is 3.43. The highest BCUT2D eigenvalue weighted by Gasteiger charge is 2.19. The van der Waals surface area contributed by atoms with Gasteiger partial charge in [0.15, 0.2) is 5.96 Å². The Morgan fingerprint density at radius 3 is 2.67 bits per heavy atom. The lowest BCUT2D eigenvalue weighted by Crippen LogP contribution is -2.36. The van der Waals surface area contributed by atoms with Gasteiger partial charge in [-0.2, -0.15) is 0 Å². The fourth-order valence-corrected chi connectivity index (χ4v) is 3.01. The quantitative estimate of drug-likeness (QED) is 0.380. The molecule has 1 aromatic carbocycles. The lowest BCUT2D eigenvalue weighted by Gasteiger charge is -2.16. The van der Waals surface area contributed by atoms with Crippen LogP contribution in [-0.4, -0.2) is 35.3 Å². The number of guanidine groups is 1. The molecule has 1 aliphatic rings. The summed E-state index contributed by atoms with van der Waals surface area (Å²) in [4.78, 5) is 22.3. The molecule has 27 heavy (non-hydrogen) atoms. The van der Waals surface area contributed by atoms with Crippen molar-refractivity contribution in [3.63, 3.8) is 0 Å². The van der Waals surface area contributed by atoms with E-state index in [1.165, 1.54) is 0 Å². The number of likely N-dealkylation sites (tertiary alicyclic amines) is 1. The van der Waals surface area contributed by atoms with Crippen molar-refractivity contribution in [1.82, 2.24) is 20.5 Å². The first-order valence-electron chi connectivity index (χ1n) is 8.94. The van der Waals surface area contributed by atoms with Crippen LogP contribution in [0.4, 0.5) is 0 Å². The fourth-order valence-electron chi connectivity index (χ4n) is 3.01. The van der Waals surface area contributed by atoms with Gasteiger partial charge in [0.2, 0.25) is 5.91 Å². The van der Waals surface area contributed by atoms with Gasteiger partial charge in [0, 0.05) is 39.3 Å². The van der Waals surface area contributed by atoms with Crippen LogP contribution in [-0.2, 0) is 24.4 Å². The van der Waals surface area contributed by atoms with Crippen LogP contribution in [0.2, 0.25) is 0 Å². The molecule has 0 atom stereocenters. The van der Waals surface area contributed by atoms with Gasteiger partial charge >= 0.3 is 0 Å². The third-order valence-corrected chi connectivity index (χ3v) is 4.38. The zero-order chi connectivity index (χ0) is 18.2. The van der Waals surface area contributed by atoms with Crippen molar-refractivity contribution in [2.24, 2.45) is 4.99 Å². The lowest BCUT2D eigenvalue weighted by molar-refractivity contribution is -0.128. The minimum atomic E-state index is 0. The van der Waals surface area contributed by atoms with Crippen molar-refractivity contribution in [2.45, 2.75) is 32.5 Å². The number of amides is 1. The summed E-state index contributed by atoms with van der Waals surface area (Å²) in [6.45, 7) is 2.85. The van der Waals surface area contributed by atoms with Crippen molar-refractivity contribution in [2.75, 3.05) is 13.6 Å². The molecular weight excluding hydrogens is 453 g/mol. The van der Waals surface area contributed by atoms with E-state index >= 15 is 0 Å². The van der Waals surface area contributed by atoms with Gasteiger partial charge in [0.1, 0.15) is 0 Å². The Morgan fingerprint density at radius 1 is 1.15 bits per heavy atom. The molecule has 3 rings (SSSR count). The van der Waals surface area contributed by atoms with Crippen LogP contribution in [0.25, 0.3) is 0 Å². The van der Waals surface area contributed by atoms with Crippen LogP contribution in [0.1, 0.15) is 29.7 Å². The third-order valence-electron chi connectivity index (χ3n) is 4.38. The molecule has 1 fully saturated rings. The average Bonchev–Trinajstić information content (AvgIpc) is 3.08. The SMILES string of the molecule is CN=C(NCc1cccc(CN2CCCC2=O)c1)NCc1ccccn1.I. The van der Waals surface area contributed by atoms with Gasteiger partial charge in [-0.05, 0) is 29.7 Å². The number of carbonyl (C=O) groups excluding carboxylic acids is 1. The number of nitrogens with zero attached hydrogens (tertiary/aromatic N) is 3. The van der Waals surface area contributed by atoms with Crippen LogP contribution in [0.15, 0.2) is 53.7 Å². The number of carbonyl (C=O) groups is 1. The Hall–Kier alpha value is -2.16. The standard InChI is InChI=1S/C20H25N5O.HI/c1-21-20(24-14-18-8-2-3-10-22-18)23-13-16-6-4-7-17(12-16)15-25-11-5-9-19(25)26;/h2-4,6-8,10,12H,5,9,11,13-15H2,1H3,(H2,21,23,24);1H. The Bertz CT molecular complexity index is 766. The number of hydrogen-bond acceptors (Lipinski definition) is 3. The van der Waals surface area contributed by atoms with Gasteiger partial charge in [-0.3, -0.25) is 14.8 Å². The normalized spacial score (nSPS) is 14.0. The minimum absolute atomic E-state index is 0. The predicted molar refractivity (Wildman–Crippen MR) is 118 cm³/mol. The molecule has 0 saturated carbocycles. The lowest BCUT2D eigenvalue weighted by atomic mass is 10.1. The number of aromatic nitrogens is 1. The van der Waals surface area contributed by atoms with Gasteiger partial charge in [-0.15, -0.1) is 24.0 Å². The highest BCUT2D eigenvalue weighted by atomic mass is 127. The van der Waals surface area contributed by atoms with E-state index in [2.05, 4.69) is 38.8 Å². The Kier molecular flexibility index (Phi) is 8.50. The smallest absolute Gasteiger partial charge is 0.222 e. The van der Waals surface area contributed by atoms with Gasteiger partial charge in [-0.25, -0.2) is 0 Å². The number of benzene rings is 1. The number of pyridine rings is 1. The molecule has 6 nitrogen and oxygen atoms in total. The van der Waals surface area contributed by atoms with Crippen LogP contribution in [0.3, 0.4) is 0 Å². The van der Waals surface area contributed by atoms with Gasteiger partial charge in [-0.1, -0.05) is 30.3 Å². The number of hydrogen-bond donors (Lipinski definition) is 2. The van der Waals surface area contributed by atoms with E-state index in [1.54, 1.807) is 13.2 Å². The molecule has 1 aromatic heterocycles. The van der Waals surface area contributed by atoms with Crippen LogP contribution in [0, 0.1) is 0 Å². The minimum Gasteiger partial charge on any atom is -0.352 e. The highest BCUT2D eigenvalue weighted by Crippen LogP contribution is 2.15.